The van der Waals surface area contributed by atoms with E-state index < -0.39 is 6.09 Å². The molecule has 4 nitrogen and oxygen atoms in total. The van der Waals surface area contributed by atoms with E-state index in [1.165, 1.54) is 0 Å². The molecule has 0 aromatic rings. The summed E-state index contributed by atoms with van der Waals surface area (Å²) in [6, 6.07) is 0.151. The first-order valence-electron chi connectivity index (χ1n) is 6.02. The topological polar surface area (TPSA) is 57.6 Å². The molecule has 2 unspecified atom stereocenters. The van der Waals surface area contributed by atoms with Crippen molar-refractivity contribution in [1.82, 2.24) is 4.90 Å². The van der Waals surface area contributed by atoms with Gasteiger partial charge in [0, 0.05) is 24.9 Å². The standard InChI is InChI=1S/C12H19NO3/c1-7(2)13(12(15)16)10-3-8-5-11(14)6-9(8)4-10/h7-10H,3-6H2,1-2H3,(H,15,16). The van der Waals surface area contributed by atoms with E-state index >= 15 is 0 Å². The van der Waals surface area contributed by atoms with Crippen LogP contribution >= 0.6 is 0 Å². The largest absolute Gasteiger partial charge is 0.465 e. The van der Waals surface area contributed by atoms with Crippen LogP contribution in [0.2, 0.25) is 0 Å². The Morgan fingerprint density at radius 1 is 1.31 bits per heavy atom. The molecule has 0 heterocycles. The van der Waals surface area contributed by atoms with E-state index in [1.807, 2.05) is 13.8 Å². The quantitative estimate of drug-likeness (QED) is 0.783. The minimum absolute atomic E-state index is 0.0250. The van der Waals surface area contributed by atoms with E-state index in [9.17, 15) is 14.7 Å². The average Bonchev–Trinajstić information content (AvgIpc) is 2.59. The first-order chi connectivity index (χ1) is 7.49. The molecule has 2 fully saturated rings. The van der Waals surface area contributed by atoms with Gasteiger partial charge in [0.1, 0.15) is 5.78 Å². The SMILES string of the molecule is CC(C)N(C(=O)O)C1CC2CC(=O)CC2C1. The number of ketones is 1. The summed E-state index contributed by atoms with van der Waals surface area (Å²) in [5.41, 5.74) is 0. The number of carbonyl (C=O) groups is 2. The molecule has 90 valence electrons. The van der Waals surface area contributed by atoms with Gasteiger partial charge in [-0.05, 0) is 38.5 Å². The Kier molecular flexibility index (Phi) is 2.91. The molecule has 0 aliphatic heterocycles. The highest BCUT2D eigenvalue weighted by molar-refractivity contribution is 5.81. The molecule has 1 amide bonds. The molecule has 4 heteroatoms. The molecule has 0 aromatic carbocycles. The van der Waals surface area contributed by atoms with Crippen LogP contribution in [-0.4, -0.2) is 34.0 Å². The summed E-state index contributed by atoms with van der Waals surface area (Å²) in [7, 11) is 0. The molecule has 0 spiro atoms. The maximum Gasteiger partial charge on any atom is 0.407 e. The molecule has 16 heavy (non-hydrogen) atoms. The monoisotopic (exact) mass is 225 g/mol. The van der Waals surface area contributed by atoms with Crippen molar-refractivity contribution in [3.63, 3.8) is 0 Å². The lowest BCUT2D eigenvalue weighted by Gasteiger charge is -2.30. The Balaban J connectivity index is 2.03. The zero-order chi connectivity index (χ0) is 11.9. The molecule has 0 aromatic heterocycles. The summed E-state index contributed by atoms with van der Waals surface area (Å²) in [6.07, 6.45) is 2.27. The number of carbonyl (C=O) groups excluding carboxylic acids is 1. The predicted octanol–water partition coefficient (Wildman–Crippen LogP) is 2.13. The molecule has 2 rings (SSSR count). The maximum absolute atomic E-state index is 11.3. The van der Waals surface area contributed by atoms with E-state index in [0.29, 0.717) is 30.5 Å². The Labute approximate surface area is 95.6 Å². The van der Waals surface area contributed by atoms with E-state index in [0.717, 1.165) is 12.8 Å². The average molecular weight is 225 g/mol. The van der Waals surface area contributed by atoms with Crippen LogP contribution in [0.15, 0.2) is 0 Å². The Morgan fingerprint density at radius 3 is 2.19 bits per heavy atom. The van der Waals surface area contributed by atoms with Crippen LogP contribution in [0.5, 0.6) is 0 Å². The van der Waals surface area contributed by atoms with Crippen LogP contribution in [-0.2, 0) is 4.79 Å². The zero-order valence-corrected chi connectivity index (χ0v) is 9.85. The third-order valence-electron chi connectivity index (χ3n) is 3.97. The number of carboxylic acid groups (broad SMARTS) is 1. The third kappa shape index (κ3) is 1.93. The lowest BCUT2D eigenvalue weighted by Crippen LogP contribution is -2.43. The summed E-state index contributed by atoms with van der Waals surface area (Å²) < 4.78 is 0. The van der Waals surface area contributed by atoms with Gasteiger partial charge in [0.2, 0.25) is 0 Å². The highest BCUT2D eigenvalue weighted by Crippen LogP contribution is 2.44. The molecular weight excluding hydrogens is 206 g/mol. The minimum Gasteiger partial charge on any atom is -0.465 e. The lowest BCUT2D eigenvalue weighted by molar-refractivity contribution is -0.117. The van der Waals surface area contributed by atoms with Crippen molar-refractivity contribution in [3.8, 4) is 0 Å². The minimum atomic E-state index is -0.828. The number of hydrogen-bond acceptors (Lipinski definition) is 2. The van der Waals surface area contributed by atoms with Crippen molar-refractivity contribution in [2.45, 2.75) is 51.6 Å². The van der Waals surface area contributed by atoms with Gasteiger partial charge in [0.05, 0.1) is 0 Å². The number of Topliss-reactive ketones (excluding diaryl/α,β-unsaturated/α-hetero) is 1. The van der Waals surface area contributed by atoms with Crippen molar-refractivity contribution in [2.75, 3.05) is 0 Å². The zero-order valence-electron chi connectivity index (χ0n) is 9.85. The maximum atomic E-state index is 11.3. The van der Waals surface area contributed by atoms with Gasteiger partial charge in [0.25, 0.3) is 0 Å². The van der Waals surface area contributed by atoms with Crippen molar-refractivity contribution >= 4 is 11.9 Å². The van der Waals surface area contributed by atoms with Gasteiger partial charge in [-0.2, -0.15) is 0 Å². The van der Waals surface area contributed by atoms with Crippen molar-refractivity contribution in [3.05, 3.63) is 0 Å². The van der Waals surface area contributed by atoms with Gasteiger partial charge in [-0.15, -0.1) is 0 Å². The number of fused-ring (bicyclic) bond motifs is 1. The Bertz CT molecular complexity index is 297. The molecule has 0 radical (unpaired) electrons. The summed E-state index contributed by atoms with van der Waals surface area (Å²) in [5.74, 6) is 1.25. The van der Waals surface area contributed by atoms with Crippen LogP contribution in [0.4, 0.5) is 4.79 Å². The molecule has 2 saturated carbocycles. The molecule has 2 aliphatic rings. The first kappa shape index (κ1) is 11.4. The second-order valence-corrected chi connectivity index (χ2v) is 5.38. The van der Waals surface area contributed by atoms with Crippen LogP contribution in [0.25, 0.3) is 0 Å². The fourth-order valence-electron chi connectivity index (χ4n) is 3.37. The summed E-state index contributed by atoms with van der Waals surface area (Å²) in [6.45, 7) is 3.82. The van der Waals surface area contributed by atoms with Crippen LogP contribution in [0.1, 0.15) is 39.5 Å². The van der Waals surface area contributed by atoms with Gasteiger partial charge in [-0.3, -0.25) is 4.79 Å². The first-order valence-corrected chi connectivity index (χ1v) is 6.02. The Morgan fingerprint density at radius 2 is 1.81 bits per heavy atom. The van der Waals surface area contributed by atoms with E-state index in [1.54, 1.807) is 4.90 Å². The molecule has 0 saturated heterocycles. The van der Waals surface area contributed by atoms with Crippen LogP contribution in [0.3, 0.4) is 0 Å². The number of nitrogens with zero attached hydrogens (tertiary/aromatic N) is 1. The van der Waals surface area contributed by atoms with Gasteiger partial charge in [-0.25, -0.2) is 4.79 Å². The number of amides is 1. The molecule has 2 aliphatic carbocycles. The third-order valence-corrected chi connectivity index (χ3v) is 3.97. The van der Waals surface area contributed by atoms with Crippen LogP contribution in [0, 0.1) is 11.8 Å². The molecule has 1 N–H and O–H groups in total. The highest BCUT2D eigenvalue weighted by Gasteiger charge is 2.44. The fraction of sp³-hybridized carbons (Fsp3) is 0.833. The van der Waals surface area contributed by atoms with Gasteiger partial charge < -0.3 is 10.0 Å². The fourth-order valence-corrected chi connectivity index (χ4v) is 3.37. The van der Waals surface area contributed by atoms with Crippen molar-refractivity contribution < 1.29 is 14.7 Å². The lowest BCUT2D eigenvalue weighted by atomic mass is 10.0. The second kappa shape index (κ2) is 4.07. The molecule has 2 atom stereocenters. The van der Waals surface area contributed by atoms with E-state index in [4.69, 9.17) is 0 Å². The summed E-state index contributed by atoms with van der Waals surface area (Å²) >= 11 is 0. The summed E-state index contributed by atoms with van der Waals surface area (Å²) in [5, 5.41) is 9.18. The number of rotatable bonds is 2. The molecular formula is C12H19NO3. The predicted molar refractivity (Wildman–Crippen MR) is 59.2 cm³/mol. The van der Waals surface area contributed by atoms with Gasteiger partial charge in [-0.1, -0.05) is 0 Å². The van der Waals surface area contributed by atoms with E-state index in [-0.39, 0.29) is 12.1 Å². The second-order valence-electron chi connectivity index (χ2n) is 5.38. The van der Waals surface area contributed by atoms with Crippen molar-refractivity contribution in [1.29, 1.82) is 0 Å². The smallest absolute Gasteiger partial charge is 0.407 e. The van der Waals surface area contributed by atoms with E-state index in [2.05, 4.69) is 0 Å². The van der Waals surface area contributed by atoms with Crippen LogP contribution < -0.4 is 0 Å². The van der Waals surface area contributed by atoms with Crippen molar-refractivity contribution in [2.24, 2.45) is 11.8 Å². The van der Waals surface area contributed by atoms with Gasteiger partial charge in [0.15, 0.2) is 0 Å². The van der Waals surface area contributed by atoms with Gasteiger partial charge >= 0.3 is 6.09 Å². The molecule has 0 bridgehead atoms. The normalized spacial score (nSPS) is 33.2. The summed E-state index contributed by atoms with van der Waals surface area (Å²) in [4.78, 5) is 24.0. The Hall–Kier alpha value is -1.06. The number of hydrogen-bond donors (Lipinski definition) is 1. The highest BCUT2D eigenvalue weighted by atomic mass is 16.4.